The van der Waals surface area contributed by atoms with Crippen molar-refractivity contribution in [1.82, 2.24) is 9.71 Å². The molecule has 0 aliphatic carbocycles. The van der Waals surface area contributed by atoms with E-state index in [0.717, 1.165) is 21.1 Å². The lowest BCUT2D eigenvalue weighted by atomic mass is 10.0. The average molecular weight is 445 g/mol. The topological polar surface area (TPSA) is 96.4 Å². The standard InChI is InChI=1S/C22H24N2O4S2/c1-13-5-7-17(8-6-13)21-24-20(16(4)29-21)9-10-23-30(27,28)18-11-14(2)15(3)19(12-18)22(25)26/h5-8,11-12,23H,9-10H2,1-4H3,(H,25,26). The highest BCUT2D eigenvalue weighted by Gasteiger charge is 2.19. The molecular weight excluding hydrogens is 420 g/mol. The Morgan fingerprint density at radius 1 is 1.10 bits per heavy atom. The van der Waals surface area contributed by atoms with Gasteiger partial charge in [0.2, 0.25) is 10.0 Å². The van der Waals surface area contributed by atoms with E-state index in [-0.39, 0.29) is 17.0 Å². The van der Waals surface area contributed by atoms with Crippen LogP contribution in [0.2, 0.25) is 0 Å². The normalized spacial score (nSPS) is 11.6. The number of aromatic carboxylic acids is 1. The Bertz CT molecular complexity index is 1200. The summed E-state index contributed by atoms with van der Waals surface area (Å²) >= 11 is 1.58. The number of thiazole rings is 1. The second kappa shape index (κ2) is 8.67. The average Bonchev–Trinajstić information content (AvgIpc) is 3.04. The van der Waals surface area contributed by atoms with Crippen LogP contribution >= 0.6 is 11.3 Å². The Hall–Kier alpha value is -2.55. The van der Waals surface area contributed by atoms with Crippen molar-refractivity contribution in [2.75, 3.05) is 6.54 Å². The minimum absolute atomic E-state index is 0.00606. The number of aryl methyl sites for hydroxylation is 3. The SMILES string of the molecule is Cc1ccc(-c2nc(CCNS(=O)(=O)c3cc(C)c(C)c(C(=O)O)c3)c(C)s2)cc1. The first-order chi connectivity index (χ1) is 14.1. The van der Waals surface area contributed by atoms with E-state index in [4.69, 9.17) is 0 Å². The minimum atomic E-state index is -3.83. The lowest BCUT2D eigenvalue weighted by Crippen LogP contribution is -2.26. The number of nitrogens with zero attached hydrogens (tertiary/aromatic N) is 1. The molecule has 0 atom stereocenters. The molecule has 2 N–H and O–H groups in total. The van der Waals surface area contributed by atoms with Crippen LogP contribution in [0.15, 0.2) is 41.3 Å². The zero-order valence-corrected chi connectivity index (χ0v) is 18.9. The molecule has 1 heterocycles. The Labute approximate surface area is 180 Å². The van der Waals surface area contributed by atoms with Gasteiger partial charge in [-0.05, 0) is 51.0 Å². The van der Waals surface area contributed by atoms with Gasteiger partial charge in [-0.15, -0.1) is 11.3 Å². The van der Waals surface area contributed by atoms with Crippen molar-refractivity contribution in [1.29, 1.82) is 0 Å². The van der Waals surface area contributed by atoms with E-state index >= 15 is 0 Å². The van der Waals surface area contributed by atoms with Crippen molar-refractivity contribution in [3.05, 3.63) is 69.2 Å². The fourth-order valence-electron chi connectivity index (χ4n) is 3.07. The third-order valence-electron chi connectivity index (χ3n) is 5.03. The molecule has 0 aliphatic rings. The van der Waals surface area contributed by atoms with E-state index in [2.05, 4.69) is 9.71 Å². The summed E-state index contributed by atoms with van der Waals surface area (Å²) in [5.41, 5.74) is 4.24. The highest BCUT2D eigenvalue weighted by Crippen LogP contribution is 2.28. The van der Waals surface area contributed by atoms with Gasteiger partial charge in [-0.1, -0.05) is 29.8 Å². The highest BCUT2D eigenvalue weighted by molar-refractivity contribution is 7.89. The van der Waals surface area contributed by atoms with Gasteiger partial charge in [0.15, 0.2) is 0 Å². The predicted octanol–water partition coefficient (Wildman–Crippen LogP) is 4.26. The lowest BCUT2D eigenvalue weighted by Gasteiger charge is -2.11. The van der Waals surface area contributed by atoms with Gasteiger partial charge >= 0.3 is 5.97 Å². The first kappa shape index (κ1) is 22.1. The molecule has 0 spiro atoms. The van der Waals surface area contributed by atoms with Crippen molar-refractivity contribution in [3.63, 3.8) is 0 Å². The van der Waals surface area contributed by atoms with Crippen molar-refractivity contribution in [3.8, 4) is 10.6 Å². The monoisotopic (exact) mass is 444 g/mol. The van der Waals surface area contributed by atoms with Gasteiger partial charge in [0.05, 0.1) is 16.2 Å². The molecule has 158 valence electrons. The molecule has 0 aliphatic heterocycles. The Balaban J connectivity index is 1.73. The summed E-state index contributed by atoms with van der Waals surface area (Å²) in [4.78, 5) is 17.1. The second-order valence-electron chi connectivity index (χ2n) is 7.25. The number of hydrogen-bond donors (Lipinski definition) is 2. The van der Waals surface area contributed by atoms with Crippen molar-refractivity contribution in [2.24, 2.45) is 0 Å². The summed E-state index contributed by atoms with van der Waals surface area (Å²) < 4.78 is 27.9. The first-order valence-corrected chi connectivity index (χ1v) is 11.8. The molecule has 3 aromatic rings. The fourth-order valence-corrected chi connectivity index (χ4v) is 5.18. The van der Waals surface area contributed by atoms with E-state index in [0.29, 0.717) is 17.5 Å². The van der Waals surface area contributed by atoms with Gasteiger partial charge in [0.25, 0.3) is 0 Å². The molecule has 0 fully saturated rings. The van der Waals surface area contributed by atoms with Crippen LogP contribution in [-0.2, 0) is 16.4 Å². The number of aromatic nitrogens is 1. The molecule has 1 aromatic heterocycles. The summed E-state index contributed by atoms with van der Waals surface area (Å²) in [6.45, 7) is 7.55. The van der Waals surface area contributed by atoms with E-state index in [9.17, 15) is 18.3 Å². The van der Waals surface area contributed by atoms with Crippen molar-refractivity contribution < 1.29 is 18.3 Å². The second-order valence-corrected chi connectivity index (χ2v) is 10.2. The van der Waals surface area contributed by atoms with Crippen LogP contribution < -0.4 is 4.72 Å². The van der Waals surface area contributed by atoms with Crippen LogP contribution in [0.5, 0.6) is 0 Å². The Morgan fingerprint density at radius 3 is 2.40 bits per heavy atom. The number of benzene rings is 2. The highest BCUT2D eigenvalue weighted by atomic mass is 32.2. The summed E-state index contributed by atoms with van der Waals surface area (Å²) in [6, 6.07) is 10.8. The van der Waals surface area contributed by atoms with Crippen LogP contribution in [0.3, 0.4) is 0 Å². The Morgan fingerprint density at radius 2 is 1.77 bits per heavy atom. The van der Waals surface area contributed by atoms with E-state index in [1.165, 1.54) is 17.7 Å². The van der Waals surface area contributed by atoms with Crippen molar-refractivity contribution >= 4 is 27.3 Å². The number of carboxylic acid groups (broad SMARTS) is 1. The molecule has 8 heteroatoms. The maximum Gasteiger partial charge on any atom is 0.336 e. The summed E-state index contributed by atoms with van der Waals surface area (Å²) in [5.74, 6) is -1.14. The fraction of sp³-hybridized carbons (Fsp3) is 0.273. The van der Waals surface area contributed by atoms with Crippen LogP contribution in [-0.4, -0.2) is 31.0 Å². The third-order valence-corrected chi connectivity index (χ3v) is 7.53. The molecule has 6 nitrogen and oxygen atoms in total. The minimum Gasteiger partial charge on any atom is -0.478 e. The first-order valence-electron chi connectivity index (χ1n) is 9.46. The molecular formula is C22H24N2O4S2. The molecule has 0 radical (unpaired) electrons. The van der Waals surface area contributed by atoms with Gasteiger partial charge in [-0.2, -0.15) is 0 Å². The number of carbonyl (C=O) groups is 1. The van der Waals surface area contributed by atoms with E-state index in [1.807, 2.05) is 38.1 Å². The van der Waals surface area contributed by atoms with Gasteiger partial charge in [-0.25, -0.2) is 22.9 Å². The van der Waals surface area contributed by atoms with Gasteiger partial charge < -0.3 is 5.11 Å². The molecule has 0 amide bonds. The maximum absolute atomic E-state index is 12.7. The smallest absolute Gasteiger partial charge is 0.336 e. The zero-order chi connectivity index (χ0) is 22.1. The molecule has 0 saturated heterocycles. The number of carboxylic acids is 1. The molecule has 0 bridgehead atoms. The van der Waals surface area contributed by atoms with Gasteiger partial charge in [0.1, 0.15) is 5.01 Å². The van der Waals surface area contributed by atoms with Gasteiger partial charge in [-0.3, -0.25) is 0 Å². The van der Waals surface area contributed by atoms with Crippen LogP contribution in [0.25, 0.3) is 10.6 Å². The summed E-state index contributed by atoms with van der Waals surface area (Å²) in [5, 5.41) is 10.2. The maximum atomic E-state index is 12.7. The molecule has 0 unspecified atom stereocenters. The van der Waals surface area contributed by atoms with E-state index < -0.39 is 16.0 Å². The molecule has 30 heavy (non-hydrogen) atoms. The van der Waals surface area contributed by atoms with Crippen LogP contribution in [0.4, 0.5) is 0 Å². The number of hydrogen-bond acceptors (Lipinski definition) is 5. The van der Waals surface area contributed by atoms with Crippen LogP contribution in [0.1, 0.15) is 37.6 Å². The quantitative estimate of drug-likeness (QED) is 0.567. The zero-order valence-electron chi connectivity index (χ0n) is 17.3. The largest absolute Gasteiger partial charge is 0.478 e. The van der Waals surface area contributed by atoms with Crippen molar-refractivity contribution in [2.45, 2.75) is 39.0 Å². The molecule has 2 aromatic carbocycles. The third kappa shape index (κ3) is 4.77. The number of rotatable bonds is 7. The predicted molar refractivity (Wildman–Crippen MR) is 119 cm³/mol. The Kier molecular flexibility index (Phi) is 6.40. The van der Waals surface area contributed by atoms with E-state index in [1.54, 1.807) is 25.2 Å². The summed E-state index contributed by atoms with van der Waals surface area (Å²) in [6.07, 6.45) is 0.448. The number of nitrogens with one attached hydrogen (secondary N) is 1. The molecule has 0 saturated carbocycles. The number of sulfonamides is 1. The van der Waals surface area contributed by atoms with Crippen LogP contribution in [0, 0.1) is 27.7 Å². The summed E-state index contributed by atoms with van der Waals surface area (Å²) in [7, 11) is -3.83. The lowest BCUT2D eigenvalue weighted by molar-refractivity contribution is 0.0695. The molecule has 3 rings (SSSR count). The van der Waals surface area contributed by atoms with Gasteiger partial charge in [0, 0.05) is 23.4 Å².